The Hall–Kier alpha value is 0.196. The van der Waals surface area contributed by atoms with Gasteiger partial charge in [0.2, 0.25) is 10.0 Å². The zero-order valence-electron chi connectivity index (χ0n) is 18.4. The molecule has 1 fully saturated rings. The molecule has 2 aromatic rings. The van der Waals surface area contributed by atoms with Gasteiger partial charge in [-0.1, -0.05) is 60.8 Å². The summed E-state index contributed by atoms with van der Waals surface area (Å²) in [6, 6.07) is 17.3. The molecule has 165 valence electrons. The van der Waals surface area contributed by atoms with Crippen LogP contribution in [0.25, 0.3) is 11.1 Å². The van der Waals surface area contributed by atoms with E-state index in [1.165, 1.54) is 16.7 Å². The summed E-state index contributed by atoms with van der Waals surface area (Å²) in [5.74, 6) is 0.0925. The van der Waals surface area contributed by atoms with E-state index in [0.717, 1.165) is 56.9 Å². The number of hydrogen-bond acceptors (Lipinski definition) is 4. The summed E-state index contributed by atoms with van der Waals surface area (Å²) < 4.78 is 22.0. The van der Waals surface area contributed by atoms with E-state index >= 15 is 0 Å². The van der Waals surface area contributed by atoms with Crippen molar-refractivity contribution < 1.29 is 8.42 Å². The second kappa shape index (κ2) is 13.8. The number of nitrogens with one attached hydrogen (secondary N) is 1. The van der Waals surface area contributed by atoms with Gasteiger partial charge in [0.1, 0.15) is 0 Å². The number of primary sulfonamides is 1. The first-order valence-corrected chi connectivity index (χ1v) is 12.8. The summed E-state index contributed by atoms with van der Waals surface area (Å²) in [5.41, 5.74) is 3.72. The Morgan fingerprint density at radius 3 is 2.23 bits per heavy atom. The predicted molar refractivity (Wildman–Crippen MR) is 131 cm³/mol. The van der Waals surface area contributed by atoms with Gasteiger partial charge in [0.05, 0.1) is 5.75 Å². The van der Waals surface area contributed by atoms with Crippen LogP contribution in [0, 0.1) is 0 Å². The number of nitrogens with two attached hydrogens (primary N) is 1. The van der Waals surface area contributed by atoms with Crippen LogP contribution in [0.3, 0.4) is 0 Å². The van der Waals surface area contributed by atoms with Crippen LogP contribution >= 0.6 is 11.6 Å². The molecule has 1 aliphatic rings. The van der Waals surface area contributed by atoms with Crippen molar-refractivity contribution in [1.29, 1.82) is 0 Å². The molecule has 0 saturated carbocycles. The van der Waals surface area contributed by atoms with Crippen molar-refractivity contribution in [2.75, 3.05) is 31.9 Å². The Morgan fingerprint density at radius 2 is 1.58 bits per heavy atom. The minimum Gasteiger partial charge on any atom is -0.314 e. The first-order valence-electron chi connectivity index (χ1n) is 10.7. The van der Waals surface area contributed by atoms with E-state index in [0.29, 0.717) is 12.5 Å². The molecule has 8 heteroatoms. The second-order valence-corrected chi connectivity index (χ2v) is 10.3. The van der Waals surface area contributed by atoms with E-state index in [4.69, 9.17) is 16.7 Å². The Labute approximate surface area is 234 Å². The number of hydrogen-bond donors (Lipinski definition) is 2. The van der Waals surface area contributed by atoms with Crippen LogP contribution in [0.15, 0.2) is 48.5 Å². The zero-order valence-corrected chi connectivity index (χ0v) is 23.1. The van der Waals surface area contributed by atoms with Crippen LogP contribution in [0.1, 0.15) is 31.2 Å². The summed E-state index contributed by atoms with van der Waals surface area (Å²) >= 11 is 5.99. The number of rotatable bonds is 10. The molecule has 0 aromatic heterocycles. The monoisotopic (exact) mass is 488 g/mol. The van der Waals surface area contributed by atoms with Crippen molar-refractivity contribution in [3.63, 3.8) is 0 Å². The van der Waals surface area contributed by atoms with Crippen LogP contribution in [0.4, 0.5) is 0 Å². The molecule has 0 aliphatic carbocycles. The van der Waals surface area contributed by atoms with Gasteiger partial charge in [0, 0.05) is 82.1 Å². The molecule has 1 heterocycles. The van der Waals surface area contributed by atoms with Gasteiger partial charge in [0.15, 0.2) is 0 Å². The molecule has 5 nitrogen and oxygen atoms in total. The Bertz CT molecular complexity index is 892. The molecule has 1 saturated heterocycles. The molecule has 0 spiro atoms. The molecule has 0 bridgehead atoms. The zero-order chi connectivity index (χ0) is 21.4. The van der Waals surface area contributed by atoms with Gasteiger partial charge in [-0.05, 0) is 54.6 Å². The molecule has 3 rings (SSSR count). The molecule has 2 aromatic carbocycles. The van der Waals surface area contributed by atoms with Crippen LogP contribution in [0.5, 0.6) is 0 Å². The predicted octanol–water partition coefficient (Wildman–Crippen LogP) is 3.29. The largest absolute Gasteiger partial charge is 0.314 e. The number of benzene rings is 2. The second-order valence-electron chi connectivity index (χ2n) is 8.08. The van der Waals surface area contributed by atoms with E-state index in [1.54, 1.807) is 0 Å². The fraction of sp³-hybridized carbons (Fsp3) is 0.478. The molecule has 1 unspecified atom stereocenters. The number of piperazine rings is 1. The maximum Gasteiger partial charge on any atom is 0.209 e. The normalized spacial score (nSPS) is 17.3. The summed E-state index contributed by atoms with van der Waals surface area (Å²) in [6.07, 6.45) is 4.74. The van der Waals surface area contributed by atoms with Gasteiger partial charge in [-0.2, -0.15) is 0 Å². The van der Waals surface area contributed by atoms with Crippen LogP contribution in [-0.2, 0) is 16.4 Å². The first-order chi connectivity index (χ1) is 14.4. The maximum atomic E-state index is 11.0. The Kier molecular flexibility index (Phi) is 12.2. The Morgan fingerprint density at radius 1 is 0.968 bits per heavy atom. The van der Waals surface area contributed by atoms with Crippen LogP contribution < -0.4 is 10.5 Å². The van der Waals surface area contributed by atoms with Gasteiger partial charge >= 0.3 is 0 Å². The SMILES string of the molecule is NS(=O)(=O)CCCCCCN1CCNCC1Cc1ccc(-c2ccc(Cl)cc2)cc1.[K]. The quantitative estimate of drug-likeness (QED) is 0.397. The van der Waals surface area contributed by atoms with E-state index < -0.39 is 10.0 Å². The third kappa shape index (κ3) is 9.92. The first kappa shape index (κ1) is 27.4. The topological polar surface area (TPSA) is 75.4 Å². The van der Waals surface area contributed by atoms with Gasteiger partial charge in [-0.3, -0.25) is 4.90 Å². The minimum absolute atomic E-state index is 0. The summed E-state index contributed by atoms with van der Waals surface area (Å²) in [5, 5.41) is 9.33. The van der Waals surface area contributed by atoms with Crippen LogP contribution in [-0.4, -0.2) is 103 Å². The average Bonchev–Trinajstić information content (AvgIpc) is 2.72. The number of unbranched alkanes of at least 4 members (excludes halogenated alkanes) is 3. The van der Waals surface area contributed by atoms with Gasteiger partial charge in [0.25, 0.3) is 0 Å². The van der Waals surface area contributed by atoms with E-state index in [-0.39, 0.29) is 57.1 Å². The van der Waals surface area contributed by atoms with E-state index in [1.807, 2.05) is 24.3 Å². The summed E-state index contributed by atoms with van der Waals surface area (Å²) in [4.78, 5) is 2.57. The van der Waals surface area contributed by atoms with Crippen molar-refractivity contribution in [3.8, 4) is 11.1 Å². The fourth-order valence-corrected chi connectivity index (χ4v) is 4.75. The third-order valence-corrected chi connectivity index (χ3v) is 6.81. The van der Waals surface area contributed by atoms with Crippen LogP contribution in [0.2, 0.25) is 5.02 Å². The number of nitrogens with zero attached hydrogens (tertiary/aromatic N) is 1. The van der Waals surface area contributed by atoms with E-state index in [9.17, 15) is 8.42 Å². The smallest absolute Gasteiger partial charge is 0.209 e. The fourth-order valence-electron chi connectivity index (χ4n) is 4.02. The minimum atomic E-state index is -3.32. The molecule has 1 atom stereocenters. The molecule has 0 amide bonds. The molecular formula is C23H32ClKN3O2S. The number of sulfonamides is 1. The molecule has 3 N–H and O–H groups in total. The molecule has 1 aliphatic heterocycles. The molecule has 31 heavy (non-hydrogen) atoms. The summed E-state index contributed by atoms with van der Waals surface area (Å²) in [7, 11) is -3.32. The van der Waals surface area contributed by atoms with Gasteiger partial charge in [-0.15, -0.1) is 0 Å². The maximum absolute atomic E-state index is 11.0. The van der Waals surface area contributed by atoms with Crippen molar-refractivity contribution in [1.82, 2.24) is 10.2 Å². The van der Waals surface area contributed by atoms with Crippen molar-refractivity contribution in [2.45, 2.75) is 38.1 Å². The van der Waals surface area contributed by atoms with Crippen molar-refractivity contribution >= 4 is 73.0 Å². The number of halogens is 1. The van der Waals surface area contributed by atoms with Crippen molar-refractivity contribution in [2.24, 2.45) is 5.14 Å². The third-order valence-electron chi connectivity index (χ3n) is 5.70. The average molecular weight is 489 g/mol. The van der Waals surface area contributed by atoms with E-state index in [2.05, 4.69) is 34.5 Å². The molecule has 1 radical (unpaired) electrons. The van der Waals surface area contributed by atoms with Gasteiger partial charge in [-0.25, -0.2) is 13.6 Å². The van der Waals surface area contributed by atoms with Gasteiger partial charge < -0.3 is 5.32 Å². The standard InChI is InChI=1S/C23H32ClN3O2S.K/c24-22-11-9-21(10-12-22)20-7-5-19(6-8-20)17-23-18-26-13-15-27(23)14-3-1-2-4-16-30(25,28)29;/h5-12,23,26H,1-4,13-18H2,(H2,25,28,29);. The van der Waals surface area contributed by atoms with Crippen molar-refractivity contribution in [3.05, 3.63) is 59.1 Å². The Balaban J connectivity index is 0.00000341. The molecular weight excluding hydrogens is 457 g/mol. The summed E-state index contributed by atoms with van der Waals surface area (Å²) in [6.45, 7) is 4.15.